The Labute approximate surface area is 169 Å². The van der Waals surface area contributed by atoms with Crippen LogP contribution in [0.3, 0.4) is 0 Å². The molecule has 0 unspecified atom stereocenters. The second kappa shape index (κ2) is 7.96. The van der Waals surface area contributed by atoms with Crippen molar-refractivity contribution in [3.63, 3.8) is 0 Å². The standard InChI is InChI=1S/C21H17F2N5O2/c1-30-19-5-4-15(11-26-19)28-18(27-20-16(21(28)29)3-2-6-25-20)10-17(24)12-7-13(22)9-14(23)8-12/h2-9,11,17H,10,24H2,1H3/t17-/m0/s1. The lowest BCUT2D eigenvalue weighted by Crippen LogP contribution is -2.27. The third kappa shape index (κ3) is 3.74. The first-order valence-electron chi connectivity index (χ1n) is 9.05. The highest BCUT2D eigenvalue weighted by Crippen LogP contribution is 2.20. The van der Waals surface area contributed by atoms with Crippen molar-refractivity contribution < 1.29 is 13.5 Å². The van der Waals surface area contributed by atoms with Crippen molar-refractivity contribution >= 4 is 11.0 Å². The molecule has 3 aromatic heterocycles. The summed E-state index contributed by atoms with van der Waals surface area (Å²) >= 11 is 0. The number of hydrogen-bond donors (Lipinski definition) is 1. The molecule has 0 radical (unpaired) electrons. The Kier molecular flexibility index (Phi) is 5.20. The molecule has 7 nitrogen and oxygen atoms in total. The second-order valence-electron chi connectivity index (χ2n) is 6.62. The minimum atomic E-state index is -0.805. The third-order valence-corrected chi connectivity index (χ3v) is 4.62. The molecule has 0 saturated carbocycles. The van der Waals surface area contributed by atoms with E-state index in [9.17, 15) is 13.6 Å². The number of halogens is 2. The van der Waals surface area contributed by atoms with Gasteiger partial charge in [-0.3, -0.25) is 9.36 Å². The predicted octanol–water partition coefficient (Wildman–Crippen LogP) is 2.71. The Balaban J connectivity index is 1.85. The zero-order chi connectivity index (χ0) is 21.3. The van der Waals surface area contributed by atoms with Gasteiger partial charge in [-0.2, -0.15) is 0 Å². The third-order valence-electron chi connectivity index (χ3n) is 4.62. The topological polar surface area (TPSA) is 95.9 Å². The van der Waals surface area contributed by atoms with E-state index in [4.69, 9.17) is 10.5 Å². The summed E-state index contributed by atoms with van der Waals surface area (Å²) < 4.78 is 33.7. The lowest BCUT2D eigenvalue weighted by Gasteiger charge is -2.17. The fraction of sp³-hybridized carbons (Fsp3) is 0.143. The van der Waals surface area contributed by atoms with Gasteiger partial charge in [-0.15, -0.1) is 0 Å². The van der Waals surface area contributed by atoms with Crippen molar-refractivity contribution in [1.29, 1.82) is 0 Å². The van der Waals surface area contributed by atoms with Gasteiger partial charge in [0.1, 0.15) is 17.5 Å². The molecule has 0 amide bonds. The molecule has 1 atom stereocenters. The van der Waals surface area contributed by atoms with E-state index in [-0.39, 0.29) is 29.0 Å². The Morgan fingerprint density at radius 3 is 2.57 bits per heavy atom. The maximum Gasteiger partial charge on any atom is 0.267 e. The Bertz CT molecular complexity index is 1250. The summed E-state index contributed by atoms with van der Waals surface area (Å²) in [6.07, 6.45) is 3.04. The summed E-state index contributed by atoms with van der Waals surface area (Å²) in [5, 5.41) is 0.322. The molecule has 4 rings (SSSR count). The number of nitrogens with two attached hydrogens (primary N) is 1. The number of benzene rings is 1. The maximum atomic E-state index is 13.6. The van der Waals surface area contributed by atoms with E-state index >= 15 is 0 Å². The molecule has 0 fully saturated rings. The van der Waals surface area contributed by atoms with Gasteiger partial charge in [-0.25, -0.2) is 23.7 Å². The smallest absolute Gasteiger partial charge is 0.267 e. The van der Waals surface area contributed by atoms with Crippen LogP contribution in [0.1, 0.15) is 17.4 Å². The SMILES string of the molecule is COc1ccc(-n2c(C[C@H](N)c3cc(F)cc(F)c3)nc3ncccc3c2=O)cn1. The molecule has 0 saturated heterocycles. The van der Waals surface area contributed by atoms with Crippen molar-refractivity contribution in [2.24, 2.45) is 5.73 Å². The minimum Gasteiger partial charge on any atom is -0.481 e. The van der Waals surface area contributed by atoms with Crippen LogP contribution >= 0.6 is 0 Å². The van der Waals surface area contributed by atoms with Crippen LogP contribution in [0.5, 0.6) is 5.88 Å². The number of rotatable bonds is 5. The first-order chi connectivity index (χ1) is 14.5. The largest absolute Gasteiger partial charge is 0.481 e. The van der Waals surface area contributed by atoms with Gasteiger partial charge in [-0.05, 0) is 35.9 Å². The van der Waals surface area contributed by atoms with Crippen molar-refractivity contribution in [2.75, 3.05) is 7.11 Å². The Morgan fingerprint density at radius 2 is 1.90 bits per heavy atom. The van der Waals surface area contributed by atoms with Crippen LogP contribution in [-0.2, 0) is 6.42 Å². The van der Waals surface area contributed by atoms with E-state index in [1.54, 1.807) is 24.3 Å². The molecule has 4 aromatic rings. The Morgan fingerprint density at radius 1 is 1.13 bits per heavy atom. The molecule has 9 heteroatoms. The van der Waals surface area contributed by atoms with Crippen molar-refractivity contribution in [3.05, 3.63) is 88.2 Å². The molecule has 30 heavy (non-hydrogen) atoms. The predicted molar refractivity (Wildman–Crippen MR) is 106 cm³/mol. The molecule has 152 valence electrons. The van der Waals surface area contributed by atoms with E-state index < -0.39 is 17.7 Å². The van der Waals surface area contributed by atoms with Crippen molar-refractivity contribution in [2.45, 2.75) is 12.5 Å². The van der Waals surface area contributed by atoms with Crippen LogP contribution in [0.4, 0.5) is 8.78 Å². The molecular weight excluding hydrogens is 392 g/mol. The summed E-state index contributed by atoms with van der Waals surface area (Å²) in [6.45, 7) is 0. The lowest BCUT2D eigenvalue weighted by molar-refractivity contribution is 0.397. The van der Waals surface area contributed by atoms with Crippen LogP contribution in [0.15, 0.2) is 59.7 Å². The number of methoxy groups -OCH3 is 1. The summed E-state index contributed by atoms with van der Waals surface area (Å²) in [4.78, 5) is 26.0. The molecule has 1 aromatic carbocycles. The number of pyridine rings is 2. The fourth-order valence-electron chi connectivity index (χ4n) is 3.20. The van der Waals surface area contributed by atoms with E-state index in [0.29, 0.717) is 17.0 Å². The number of aromatic nitrogens is 4. The molecular formula is C21H17F2N5O2. The van der Waals surface area contributed by atoms with Crippen LogP contribution in [-0.4, -0.2) is 26.6 Å². The summed E-state index contributed by atoms with van der Waals surface area (Å²) in [5.41, 5.74) is 6.81. The number of nitrogens with zero attached hydrogens (tertiary/aromatic N) is 4. The minimum absolute atomic E-state index is 0.0384. The quantitative estimate of drug-likeness (QED) is 0.545. The molecule has 0 aliphatic carbocycles. The van der Waals surface area contributed by atoms with Crippen molar-refractivity contribution in [3.8, 4) is 11.6 Å². The highest BCUT2D eigenvalue weighted by atomic mass is 19.1. The van der Waals surface area contributed by atoms with E-state index in [2.05, 4.69) is 15.0 Å². The molecule has 0 aliphatic rings. The first-order valence-corrected chi connectivity index (χ1v) is 9.05. The summed E-state index contributed by atoms with van der Waals surface area (Å²) in [6, 6.07) is 8.82. The van der Waals surface area contributed by atoms with Gasteiger partial charge in [-0.1, -0.05) is 0 Å². The van der Waals surface area contributed by atoms with Gasteiger partial charge in [0.2, 0.25) is 5.88 Å². The molecule has 0 bridgehead atoms. The van der Waals surface area contributed by atoms with Crippen LogP contribution in [0.2, 0.25) is 0 Å². The monoisotopic (exact) mass is 409 g/mol. The number of ether oxygens (including phenoxy) is 1. The fourth-order valence-corrected chi connectivity index (χ4v) is 3.20. The maximum absolute atomic E-state index is 13.6. The van der Waals surface area contributed by atoms with Gasteiger partial charge in [0.15, 0.2) is 5.65 Å². The van der Waals surface area contributed by atoms with E-state index in [1.807, 2.05) is 0 Å². The molecule has 0 aliphatic heterocycles. The van der Waals surface area contributed by atoms with Crippen molar-refractivity contribution in [1.82, 2.24) is 19.5 Å². The lowest BCUT2D eigenvalue weighted by atomic mass is 10.0. The zero-order valence-corrected chi connectivity index (χ0v) is 15.9. The van der Waals surface area contributed by atoms with Gasteiger partial charge < -0.3 is 10.5 Å². The van der Waals surface area contributed by atoms with Gasteiger partial charge in [0.25, 0.3) is 5.56 Å². The Hall–Kier alpha value is -3.72. The van der Waals surface area contributed by atoms with E-state index in [1.165, 1.54) is 24.1 Å². The number of hydrogen-bond acceptors (Lipinski definition) is 6. The summed E-state index contributed by atoms with van der Waals surface area (Å²) in [5.74, 6) is -0.790. The van der Waals surface area contributed by atoms with Gasteiger partial charge >= 0.3 is 0 Å². The normalized spacial score (nSPS) is 12.1. The highest BCUT2D eigenvalue weighted by Gasteiger charge is 2.18. The molecule has 3 heterocycles. The van der Waals surface area contributed by atoms with Crippen LogP contribution in [0, 0.1) is 11.6 Å². The van der Waals surface area contributed by atoms with Crippen LogP contribution < -0.4 is 16.0 Å². The summed E-state index contributed by atoms with van der Waals surface area (Å²) in [7, 11) is 1.49. The first kappa shape index (κ1) is 19.6. The van der Waals surface area contributed by atoms with E-state index in [0.717, 1.165) is 18.2 Å². The van der Waals surface area contributed by atoms with Gasteiger partial charge in [0, 0.05) is 30.8 Å². The second-order valence-corrected chi connectivity index (χ2v) is 6.62. The zero-order valence-electron chi connectivity index (χ0n) is 15.9. The average molecular weight is 409 g/mol. The molecule has 2 N–H and O–H groups in total. The highest BCUT2D eigenvalue weighted by molar-refractivity contribution is 5.73. The van der Waals surface area contributed by atoms with Gasteiger partial charge in [0.05, 0.1) is 24.4 Å². The molecule has 0 spiro atoms. The average Bonchev–Trinajstić information content (AvgIpc) is 2.73. The van der Waals surface area contributed by atoms with Crippen LogP contribution in [0.25, 0.3) is 16.7 Å². The number of fused-ring (bicyclic) bond motifs is 1.